The van der Waals surface area contributed by atoms with Gasteiger partial charge in [-0.25, -0.2) is 0 Å². The molecule has 1 heterocycles. The fourth-order valence-corrected chi connectivity index (χ4v) is 2.74. The SMILES string of the molecule is CC(O)CC1(N)CCSC1. The lowest BCUT2D eigenvalue weighted by atomic mass is 9.93. The minimum atomic E-state index is -0.247. The summed E-state index contributed by atoms with van der Waals surface area (Å²) < 4.78 is 0. The molecule has 1 aliphatic rings. The number of hydrogen-bond acceptors (Lipinski definition) is 3. The predicted octanol–water partition coefficient (Wildman–Crippen LogP) is 0.592. The summed E-state index contributed by atoms with van der Waals surface area (Å²) in [6.07, 6.45) is 1.56. The second kappa shape index (κ2) is 3.11. The first-order chi connectivity index (χ1) is 4.62. The molecular formula is C7H15NOS. The monoisotopic (exact) mass is 161 g/mol. The van der Waals surface area contributed by atoms with Crippen LogP contribution in [0.4, 0.5) is 0 Å². The molecule has 0 saturated carbocycles. The Bertz CT molecular complexity index is 110. The van der Waals surface area contributed by atoms with E-state index in [-0.39, 0.29) is 11.6 Å². The van der Waals surface area contributed by atoms with E-state index in [0.717, 1.165) is 24.3 Å². The van der Waals surface area contributed by atoms with Crippen molar-refractivity contribution in [2.24, 2.45) is 5.73 Å². The lowest BCUT2D eigenvalue weighted by Gasteiger charge is -2.23. The van der Waals surface area contributed by atoms with Crippen LogP contribution in [-0.4, -0.2) is 28.3 Å². The summed E-state index contributed by atoms with van der Waals surface area (Å²) in [4.78, 5) is 0. The molecule has 1 rings (SSSR count). The van der Waals surface area contributed by atoms with E-state index in [1.807, 2.05) is 11.8 Å². The number of nitrogens with two attached hydrogens (primary N) is 1. The van der Waals surface area contributed by atoms with Gasteiger partial charge in [-0.15, -0.1) is 0 Å². The van der Waals surface area contributed by atoms with Gasteiger partial charge in [0, 0.05) is 11.3 Å². The van der Waals surface area contributed by atoms with Crippen LogP contribution in [0.2, 0.25) is 0 Å². The van der Waals surface area contributed by atoms with Gasteiger partial charge in [0.1, 0.15) is 0 Å². The fourth-order valence-electron chi connectivity index (χ4n) is 1.37. The number of aliphatic hydroxyl groups is 1. The Labute approximate surface area is 66.2 Å². The normalized spacial score (nSPS) is 36.3. The number of aliphatic hydroxyl groups excluding tert-OH is 1. The van der Waals surface area contributed by atoms with Crippen LogP contribution < -0.4 is 5.73 Å². The van der Waals surface area contributed by atoms with Crippen LogP contribution in [-0.2, 0) is 0 Å². The van der Waals surface area contributed by atoms with Gasteiger partial charge in [0.15, 0.2) is 0 Å². The van der Waals surface area contributed by atoms with Gasteiger partial charge >= 0.3 is 0 Å². The second-order valence-corrected chi connectivity index (χ2v) is 4.32. The van der Waals surface area contributed by atoms with Crippen LogP contribution in [0, 0.1) is 0 Å². The molecule has 1 aliphatic heterocycles. The Balaban J connectivity index is 2.36. The highest BCUT2D eigenvalue weighted by atomic mass is 32.2. The molecule has 1 saturated heterocycles. The molecule has 0 aromatic heterocycles. The van der Waals surface area contributed by atoms with E-state index in [1.165, 1.54) is 0 Å². The lowest BCUT2D eigenvalue weighted by molar-refractivity contribution is 0.155. The molecule has 0 spiro atoms. The summed E-state index contributed by atoms with van der Waals surface area (Å²) in [6.45, 7) is 1.80. The molecular weight excluding hydrogens is 146 g/mol. The largest absolute Gasteiger partial charge is 0.393 e. The van der Waals surface area contributed by atoms with E-state index >= 15 is 0 Å². The molecule has 2 nitrogen and oxygen atoms in total. The summed E-state index contributed by atoms with van der Waals surface area (Å²) in [7, 11) is 0. The van der Waals surface area contributed by atoms with Crippen molar-refractivity contribution in [2.45, 2.75) is 31.4 Å². The quantitative estimate of drug-likeness (QED) is 0.623. The van der Waals surface area contributed by atoms with Crippen molar-refractivity contribution >= 4 is 11.8 Å². The van der Waals surface area contributed by atoms with Crippen molar-refractivity contribution in [3.8, 4) is 0 Å². The molecule has 10 heavy (non-hydrogen) atoms. The predicted molar refractivity (Wildman–Crippen MR) is 45.2 cm³/mol. The lowest BCUT2D eigenvalue weighted by Crippen LogP contribution is -2.42. The van der Waals surface area contributed by atoms with E-state index in [1.54, 1.807) is 6.92 Å². The topological polar surface area (TPSA) is 46.2 Å². The molecule has 3 heteroatoms. The van der Waals surface area contributed by atoms with Crippen molar-refractivity contribution in [3.05, 3.63) is 0 Å². The van der Waals surface area contributed by atoms with Crippen molar-refractivity contribution in [1.82, 2.24) is 0 Å². The first-order valence-electron chi connectivity index (χ1n) is 3.67. The Morgan fingerprint density at radius 2 is 2.50 bits per heavy atom. The van der Waals surface area contributed by atoms with Gasteiger partial charge in [-0.3, -0.25) is 0 Å². The second-order valence-electron chi connectivity index (χ2n) is 3.22. The smallest absolute Gasteiger partial charge is 0.0529 e. The molecule has 0 bridgehead atoms. The molecule has 0 amide bonds. The van der Waals surface area contributed by atoms with Gasteiger partial charge in [0.25, 0.3) is 0 Å². The number of thioether (sulfide) groups is 1. The molecule has 0 radical (unpaired) electrons. The average molecular weight is 161 g/mol. The highest BCUT2D eigenvalue weighted by molar-refractivity contribution is 7.99. The first kappa shape index (κ1) is 8.37. The summed E-state index contributed by atoms with van der Waals surface area (Å²) in [5.41, 5.74) is 5.91. The van der Waals surface area contributed by atoms with Gasteiger partial charge in [0.05, 0.1) is 6.10 Å². The maximum atomic E-state index is 9.09. The van der Waals surface area contributed by atoms with Crippen LogP contribution >= 0.6 is 11.8 Å². The molecule has 0 aliphatic carbocycles. The highest BCUT2D eigenvalue weighted by Crippen LogP contribution is 2.29. The third kappa shape index (κ3) is 2.15. The Kier molecular flexibility index (Phi) is 2.61. The molecule has 0 aromatic carbocycles. The summed E-state index contributed by atoms with van der Waals surface area (Å²) in [6, 6.07) is 0. The van der Waals surface area contributed by atoms with E-state index in [4.69, 9.17) is 10.8 Å². The van der Waals surface area contributed by atoms with Gasteiger partial charge < -0.3 is 10.8 Å². The van der Waals surface area contributed by atoms with Crippen molar-refractivity contribution in [3.63, 3.8) is 0 Å². The van der Waals surface area contributed by atoms with Crippen molar-refractivity contribution in [1.29, 1.82) is 0 Å². The average Bonchev–Trinajstić information content (AvgIpc) is 2.12. The zero-order valence-electron chi connectivity index (χ0n) is 6.34. The van der Waals surface area contributed by atoms with Gasteiger partial charge in [-0.1, -0.05) is 0 Å². The summed E-state index contributed by atoms with van der Waals surface area (Å²) in [5, 5.41) is 9.09. The zero-order chi connectivity index (χ0) is 7.61. The van der Waals surface area contributed by atoms with Crippen molar-refractivity contribution < 1.29 is 5.11 Å². The van der Waals surface area contributed by atoms with Crippen LogP contribution in [0.15, 0.2) is 0 Å². The standard InChI is InChI=1S/C7H15NOS/c1-6(9)4-7(8)2-3-10-5-7/h6,9H,2-5,8H2,1H3. The van der Waals surface area contributed by atoms with E-state index in [9.17, 15) is 0 Å². The van der Waals surface area contributed by atoms with Crippen LogP contribution in [0.1, 0.15) is 19.8 Å². The van der Waals surface area contributed by atoms with Crippen LogP contribution in [0.25, 0.3) is 0 Å². The molecule has 60 valence electrons. The molecule has 2 unspecified atom stereocenters. The Hall–Kier alpha value is 0.270. The Morgan fingerprint density at radius 1 is 1.80 bits per heavy atom. The molecule has 2 atom stereocenters. The molecule has 3 N–H and O–H groups in total. The van der Waals surface area contributed by atoms with Crippen LogP contribution in [0.5, 0.6) is 0 Å². The van der Waals surface area contributed by atoms with Crippen molar-refractivity contribution in [2.75, 3.05) is 11.5 Å². The maximum Gasteiger partial charge on any atom is 0.0529 e. The molecule has 0 aromatic rings. The van der Waals surface area contributed by atoms with Gasteiger partial charge in [-0.2, -0.15) is 11.8 Å². The van der Waals surface area contributed by atoms with E-state index in [2.05, 4.69) is 0 Å². The highest BCUT2D eigenvalue weighted by Gasteiger charge is 2.30. The minimum Gasteiger partial charge on any atom is -0.393 e. The van der Waals surface area contributed by atoms with Crippen LogP contribution in [0.3, 0.4) is 0 Å². The third-order valence-corrected chi connectivity index (χ3v) is 3.11. The minimum absolute atomic E-state index is 0.0706. The van der Waals surface area contributed by atoms with E-state index in [0.29, 0.717) is 0 Å². The van der Waals surface area contributed by atoms with Gasteiger partial charge in [0.2, 0.25) is 0 Å². The van der Waals surface area contributed by atoms with E-state index < -0.39 is 0 Å². The number of rotatable bonds is 2. The zero-order valence-corrected chi connectivity index (χ0v) is 7.16. The van der Waals surface area contributed by atoms with Gasteiger partial charge in [-0.05, 0) is 25.5 Å². The Morgan fingerprint density at radius 3 is 2.90 bits per heavy atom. The maximum absolute atomic E-state index is 9.09. The summed E-state index contributed by atoms with van der Waals surface area (Å²) in [5.74, 6) is 2.17. The molecule has 1 fully saturated rings. The summed E-state index contributed by atoms with van der Waals surface area (Å²) >= 11 is 1.89. The third-order valence-electron chi connectivity index (χ3n) is 1.84. The number of hydrogen-bond donors (Lipinski definition) is 2. The first-order valence-corrected chi connectivity index (χ1v) is 4.83. The fraction of sp³-hybridized carbons (Fsp3) is 1.00.